The Labute approximate surface area is 108 Å². The van der Waals surface area contributed by atoms with Crippen molar-refractivity contribution in [2.75, 3.05) is 0 Å². The average Bonchev–Trinajstić information content (AvgIpc) is 3.14. The Kier molecular flexibility index (Phi) is 3.02. The molecule has 0 saturated heterocycles. The van der Waals surface area contributed by atoms with E-state index in [1.165, 1.54) is 6.07 Å². The minimum atomic E-state index is -0.957. The van der Waals surface area contributed by atoms with Gasteiger partial charge >= 0.3 is 0 Å². The van der Waals surface area contributed by atoms with Crippen molar-refractivity contribution in [3.8, 4) is 11.4 Å². The number of benzene rings is 1. The van der Waals surface area contributed by atoms with Crippen LogP contribution in [0, 0.1) is 17.6 Å². The van der Waals surface area contributed by atoms with Crippen molar-refractivity contribution in [1.29, 1.82) is 0 Å². The predicted molar refractivity (Wildman–Crippen MR) is 62.1 cm³/mol. The van der Waals surface area contributed by atoms with E-state index >= 15 is 0 Å². The van der Waals surface area contributed by atoms with Crippen molar-refractivity contribution in [2.45, 2.75) is 25.4 Å². The molecule has 1 atom stereocenters. The molecule has 0 radical (unpaired) electrons. The maximum Gasteiger partial charge on any atom is 0.229 e. The molecule has 6 heteroatoms. The van der Waals surface area contributed by atoms with Gasteiger partial charge in [0.2, 0.25) is 11.7 Å². The third-order valence-electron chi connectivity index (χ3n) is 3.20. The third kappa shape index (κ3) is 2.63. The molecule has 1 fully saturated rings. The maximum absolute atomic E-state index is 13.1. The lowest BCUT2D eigenvalue weighted by molar-refractivity contribution is 0.140. The van der Waals surface area contributed by atoms with E-state index in [2.05, 4.69) is 10.1 Å². The number of aliphatic hydroxyl groups excluding tert-OH is 1. The lowest BCUT2D eigenvalue weighted by Crippen LogP contribution is -2.12. The SMILES string of the molecule is OC(Cc1nc(-c2ccc(F)c(F)c2)no1)C1CC1. The van der Waals surface area contributed by atoms with Crippen molar-refractivity contribution in [3.05, 3.63) is 35.7 Å². The van der Waals surface area contributed by atoms with Gasteiger partial charge in [0.1, 0.15) is 0 Å². The first kappa shape index (κ1) is 12.2. The number of hydrogen-bond acceptors (Lipinski definition) is 4. The fourth-order valence-electron chi connectivity index (χ4n) is 1.92. The summed E-state index contributed by atoms with van der Waals surface area (Å²) in [5, 5.41) is 13.5. The molecule has 3 rings (SSSR count). The minimum absolute atomic E-state index is 0.192. The summed E-state index contributed by atoms with van der Waals surface area (Å²) >= 11 is 0. The Morgan fingerprint density at radius 1 is 1.32 bits per heavy atom. The molecule has 1 heterocycles. The quantitative estimate of drug-likeness (QED) is 0.922. The highest BCUT2D eigenvalue weighted by molar-refractivity contribution is 5.54. The highest BCUT2D eigenvalue weighted by Gasteiger charge is 2.31. The standard InChI is InChI=1S/C13H12F2N2O2/c14-9-4-3-8(5-10(9)15)13-16-12(19-17-13)6-11(18)7-1-2-7/h3-5,7,11,18H,1-2,6H2. The summed E-state index contributed by atoms with van der Waals surface area (Å²) in [5.74, 6) is -1.06. The van der Waals surface area contributed by atoms with Crippen LogP contribution in [-0.4, -0.2) is 21.4 Å². The van der Waals surface area contributed by atoms with Gasteiger partial charge in [-0.2, -0.15) is 4.98 Å². The first-order valence-electron chi connectivity index (χ1n) is 6.09. The molecule has 19 heavy (non-hydrogen) atoms. The molecular weight excluding hydrogens is 254 g/mol. The number of rotatable bonds is 4. The summed E-state index contributed by atoms with van der Waals surface area (Å²) in [6, 6.07) is 3.41. The highest BCUT2D eigenvalue weighted by Crippen LogP contribution is 2.33. The molecule has 0 bridgehead atoms. The molecule has 1 saturated carbocycles. The molecule has 1 aliphatic carbocycles. The van der Waals surface area contributed by atoms with Crippen molar-refractivity contribution in [3.63, 3.8) is 0 Å². The van der Waals surface area contributed by atoms with Gasteiger partial charge in [0.25, 0.3) is 0 Å². The lowest BCUT2D eigenvalue weighted by atomic mass is 10.1. The molecule has 4 nitrogen and oxygen atoms in total. The second-order valence-corrected chi connectivity index (χ2v) is 4.75. The van der Waals surface area contributed by atoms with E-state index < -0.39 is 17.7 Å². The van der Waals surface area contributed by atoms with Gasteiger partial charge in [-0.3, -0.25) is 0 Å². The van der Waals surface area contributed by atoms with E-state index in [0.717, 1.165) is 25.0 Å². The van der Waals surface area contributed by atoms with Gasteiger partial charge in [-0.1, -0.05) is 5.16 Å². The van der Waals surface area contributed by atoms with Gasteiger partial charge in [0, 0.05) is 5.56 Å². The summed E-state index contributed by atoms with van der Waals surface area (Å²) in [7, 11) is 0. The van der Waals surface area contributed by atoms with Crippen LogP contribution in [0.3, 0.4) is 0 Å². The Hall–Kier alpha value is -1.82. The van der Waals surface area contributed by atoms with Gasteiger partial charge in [-0.15, -0.1) is 0 Å². The second kappa shape index (κ2) is 4.70. The van der Waals surface area contributed by atoms with E-state index in [0.29, 0.717) is 23.8 Å². The van der Waals surface area contributed by atoms with Crippen LogP contribution in [0.5, 0.6) is 0 Å². The van der Waals surface area contributed by atoms with Crippen LogP contribution in [-0.2, 0) is 6.42 Å². The summed E-state index contributed by atoms with van der Waals surface area (Å²) in [4.78, 5) is 4.07. The topological polar surface area (TPSA) is 59.2 Å². The van der Waals surface area contributed by atoms with Crippen molar-refractivity contribution >= 4 is 0 Å². The van der Waals surface area contributed by atoms with Crippen LogP contribution in [0.1, 0.15) is 18.7 Å². The first-order valence-corrected chi connectivity index (χ1v) is 6.09. The van der Waals surface area contributed by atoms with Crippen LogP contribution >= 0.6 is 0 Å². The second-order valence-electron chi connectivity index (χ2n) is 4.75. The monoisotopic (exact) mass is 266 g/mol. The van der Waals surface area contributed by atoms with E-state index in [4.69, 9.17) is 4.52 Å². The Morgan fingerprint density at radius 2 is 2.11 bits per heavy atom. The summed E-state index contributed by atoms with van der Waals surface area (Å²) in [5.41, 5.74) is 0.342. The van der Waals surface area contributed by atoms with Gasteiger partial charge in [0.15, 0.2) is 11.6 Å². The highest BCUT2D eigenvalue weighted by atomic mass is 19.2. The zero-order chi connectivity index (χ0) is 13.4. The van der Waals surface area contributed by atoms with Crippen LogP contribution < -0.4 is 0 Å². The molecule has 1 aromatic heterocycles. The van der Waals surface area contributed by atoms with Gasteiger partial charge in [0.05, 0.1) is 12.5 Å². The summed E-state index contributed by atoms with van der Waals surface area (Å²) in [6.07, 6.45) is 1.86. The molecule has 2 aromatic rings. The lowest BCUT2D eigenvalue weighted by Gasteiger charge is -2.03. The van der Waals surface area contributed by atoms with Gasteiger partial charge in [-0.25, -0.2) is 8.78 Å². The zero-order valence-electron chi connectivity index (χ0n) is 10.0. The smallest absolute Gasteiger partial charge is 0.229 e. The van der Waals surface area contributed by atoms with E-state index in [9.17, 15) is 13.9 Å². The number of hydrogen-bond donors (Lipinski definition) is 1. The first-order chi connectivity index (χ1) is 9.13. The maximum atomic E-state index is 13.1. The van der Waals surface area contributed by atoms with E-state index in [1.54, 1.807) is 0 Å². The van der Waals surface area contributed by atoms with Gasteiger partial charge in [-0.05, 0) is 37.0 Å². The van der Waals surface area contributed by atoms with Crippen molar-refractivity contribution < 1.29 is 18.4 Å². The molecule has 1 aromatic carbocycles. The molecule has 0 amide bonds. The number of aliphatic hydroxyl groups is 1. The molecular formula is C13H12F2N2O2. The van der Waals surface area contributed by atoms with E-state index in [1.807, 2.05) is 0 Å². The third-order valence-corrected chi connectivity index (χ3v) is 3.20. The number of halogens is 2. The Morgan fingerprint density at radius 3 is 2.79 bits per heavy atom. The molecule has 1 unspecified atom stereocenters. The number of nitrogens with zero attached hydrogens (tertiary/aromatic N) is 2. The fourth-order valence-corrected chi connectivity index (χ4v) is 1.92. The summed E-state index contributed by atoms with van der Waals surface area (Å²) < 4.78 is 30.9. The van der Waals surface area contributed by atoms with Crippen molar-refractivity contribution in [2.24, 2.45) is 5.92 Å². The minimum Gasteiger partial charge on any atom is -0.392 e. The largest absolute Gasteiger partial charge is 0.392 e. The van der Waals surface area contributed by atoms with Crippen LogP contribution in [0.2, 0.25) is 0 Å². The molecule has 1 aliphatic rings. The van der Waals surface area contributed by atoms with Crippen LogP contribution in [0.25, 0.3) is 11.4 Å². The molecule has 0 spiro atoms. The Balaban J connectivity index is 1.77. The predicted octanol–water partition coefficient (Wildman–Crippen LogP) is 2.33. The molecule has 0 aliphatic heterocycles. The van der Waals surface area contributed by atoms with E-state index in [-0.39, 0.29) is 5.82 Å². The van der Waals surface area contributed by atoms with Crippen LogP contribution in [0.4, 0.5) is 8.78 Å². The molecule has 1 N–H and O–H groups in total. The normalized spacial score (nSPS) is 16.6. The van der Waals surface area contributed by atoms with Crippen LogP contribution in [0.15, 0.2) is 22.7 Å². The Bertz CT molecular complexity index is 596. The van der Waals surface area contributed by atoms with Gasteiger partial charge < -0.3 is 9.63 Å². The average molecular weight is 266 g/mol. The van der Waals surface area contributed by atoms with Crippen molar-refractivity contribution in [1.82, 2.24) is 10.1 Å². The molecule has 100 valence electrons. The fraction of sp³-hybridized carbons (Fsp3) is 0.385. The zero-order valence-corrected chi connectivity index (χ0v) is 10.0. The summed E-state index contributed by atoms with van der Waals surface area (Å²) in [6.45, 7) is 0. The number of aromatic nitrogens is 2.